The molecule has 1 radical (unpaired) electrons. The maximum absolute atomic E-state index is 11.7. The fourth-order valence-corrected chi connectivity index (χ4v) is 1.86. The first-order valence-electron chi connectivity index (χ1n) is 5.95. The molecule has 0 aromatic carbocycles. The molecule has 1 amide bonds. The van der Waals surface area contributed by atoms with Gasteiger partial charge in [-0.1, -0.05) is 6.92 Å². The summed E-state index contributed by atoms with van der Waals surface area (Å²) >= 11 is 0. The van der Waals surface area contributed by atoms with Crippen molar-refractivity contribution in [2.45, 2.75) is 58.0 Å². The van der Waals surface area contributed by atoms with Gasteiger partial charge in [-0.2, -0.15) is 6.41 Å². The summed E-state index contributed by atoms with van der Waals surface area (Å²) in [6.45, 7) is 6.08. The van der Waals surface area contributed by atoms with E-state index >= 15 is 0 Å². The van der Waals surface area contributed by atoms with Gasteiger partial charge in [0.05, 0.1) is 18.8 Å². The van der Waals surface area contributed by atoms with Crippen molar-refractivity contribution in [3.63, 3.8) is 0 Å². The van der Waals surface area contributed by atoms with Crippen LogP contribution in [0.2, 0.25) is 0 Å². The number of ketones is 1. The Hall–Kier alpha value is -0.356. The zero-order valence-corrected chi connectivity index (χ0v) is 12.5. The van der Waals surface area contributed by atoms with Gasteiger partial charge >= 0.3 is 0 Å². The van der Waals surface area contributed by atoms with Crippen LogP contribution in [-0.4, -0.2) is 36.7 Å². The molecule has 1 aliphatic heterocycles. The molecule has 18 heavy (non-hydrogen) atoms. The van der Waals surface area contributed by atoms with Gasteiger partial charge in [0, 0.05) is 25.0 Å². The molecule has 0 bridgehead atoms. The van der Waals surface area contributed by atoms with E-state index in [9.17, 15) is 9.59 Å². The Morgan fingerprint density at radius 3 is 2.67 bits per heavy atom. The van der Waals surface area contributed by atoms with Crippen LogP contribution < -0.4 is 5.32 Å². The monoisotopic (exact) mass is 293 g/mol. The van der Waals surface area contributed by atoms with E-state index in [4.69, 9.17) is 9.47 Å². The number of rotatable bonds is 7. The minimum Gasteiger partial charge on any atom is -0.521 e. The second kappa shape index (κ2) is 7.94. The van der Waals surface area contributed by atoms with E-state index in [0.717, 1.165) is 0 Å². The summed E-state index contributed by atoms with van der Waals surface area (Å²) in [6.07, 6.45) is 3.12. The van der Waals surface area contributed by atoms with Crippen molar-refractivity contribution in [1.82, 2.24) is 5.32 Å². The summed E-state index contributed by atoms with van der Waals surface area (Å²) in [4.78, 5) is 21.9. The Kier molecular flexibility index (Phi) is 7.79. The van der Waals surface area contributed by atoms with E-state index in [1.54, 1.807) is 6.41 Å². The van der Waals surface area contributed by atoms with Crippen molar-refractivity contribution in [3.8, 4) is 0 Å². The van der Waals surface area contributed by atoms with Gasteiger partial charge in [-0.15, -0.1) is 0 Å². The normalized spacial score (nSPS) is 22.9. The molecule has 0 spiro atoms. The van der Waals surface area contributed by atoms with Crippen molar-refractivity contribution in [2.75, 3.05) is 6.61 Å². The number of Topliss-reactive ketones (excluding diaryl/α,β-unsaturated/α-hetero) is 1. The van der Waals surface area contributed by atoms with Crippen molar-refractivity contribution < 1.29 is 37.6 Å². The number of hydrogen-bond acceptors (Lipinski definition) is 4. The van der Waals surface area contributed by atoms with Gasteiger partial charge in [-0.05, 0) is 26.7 Å². The quantitative estimate of drug-likeness (QED) is 0.560. The molecule has 103 valence electrons. The van der Waals surface area contributed by atoms with Crippen LogP contribution in [0.4, 0.5) is 0 Å². The van der Waals surface area contributed by atoms with E-state index < -0.39 is 11.8 Å². The van der Waals surface area contributed by atoms with Crippen molar-refractivity contribution in [1.29, 1.82) is 0 Å². The molecule has 2 unspecified atom stereocenters. The first kappa shape index (κ1) is 17.6. The number of hydrogen-bond donors (Lipinski definition) is 1. The van der Waals surface area contributed by atoms with Gasteiger partial charge in [0.15, 0.2) is 11.6 Å². The first-order valence-corrected chi connectivity index (χ1v) is 5.95. The van der Waals surface area contributed by atoms with Crippen LogP contribution >= 0.6 is 0 Å². The molecule has 1 aliphatic rings. The zero-order chi connectivity index (χ0) is 12.9. The second-order valence-corrected chi connectivity index (χ2v) is 4.66. The van der Waals surface area contributed by atoms with Crippen LogP contribution in [-0.2, 0) is 37.6 Å². The van der Waals surface area contributed by atoms with Crippen molar-refractivity contribution in [3.05, 3.63) is 0 Å². The molecular formula is C12H20NO4V-. The minimum atomic E-state index is -0.549. The summed E-state index contributed by atoms with van der Waals surface area (Å²) < 4.78 is 11.0. The van der Waals surface area contributed by atoms with Gasteiger partial charge in [-0.25, -0.2) is 0 Å². The number of amides is 1. The smallest absolute Gasteiger partial charge is 0.163 e. The predicted octanol–water partition coefficient (Wildman–Crippen LogP) is 0.920. The molecule has 1 saturated heterocycles. The Labute approximate surface area is 120 Å². The van der Waals surface area contributed by atoms with E-state index in [0.29, 0.717) is 25.9 Å². The van der Waals surface area contributed by atoms with E-state index in [-0.39, 0.29) is 30.4 Å². The molecule has 1 rings (SSSR count). The maximum Gasteiger partial charge on any atom is 0.163 e. The fourth-order valence-electron chi connectivity index (χ4n) is 1.86. The van der Waals surface area contributed by atoms with Crippen LogP contribution in [0.5, 0.6) is 0 Å². The molecule has 6 heteroatoms. The van der Waals surface area contributed by atoms with E-state index in [1.165, 1.54) is 0 Å². The average molecular weight is 293 g/mol. The molecule has 0 aromatic heterocycles. The average Bonchev–Trinajstić information content (AvgIpc) is 2.62. The van der Waals surface area contributed by atoms with E-state index in [2.05, 4.69) is 5.32 Å². The summed E-state index contributed by atoms with van der Waals surface area (Å²) in [5, 5.41) is 2.40. The Morgan fingerprint density at radius 2 is 2.22 bits per heavy atom. The third-order valence-electron chi connectivity index (χ3n) is 2.81. The number of carbonyl (C=O) groups excluding carboxylic acids is 2. The van der Waals surface area contributed by atoms with Gasteiger partial charge < -0.3 is 19.6 Å². The van der Waals surface area contributed by atoms with Gasteiger partial charge in [-0.3, -0.25) is 4.79 Å². The Balaban J connectivity index is 0.00000289. The third-order valence-corrected chi connectivity index (χ3v) is 2.81. The van der Waals surface area contributed by atoms with Crippen LogP contribution in [0.3, 0.4) is 0 Å². The van der Waals surface area contributed by atoms with Crippen LogP contribution in [0.25, 0.3) is 0 Å². The summed E-state index contributed by atoms with van der Waals surface area (Å²) in [7, 11) is 0. The SMILES string of the molecule is CCC(N[C-]=O)C(=O)CCC1COC(C)(C)O1.[V]. The molecule has 0 aliphatic carbocycles. The number of carbonyl (C=O) groups is 1. The molecular weight excluding hydrogens is 273 g/mol. The topological polar surface area (TPSA) is 64.6 Å². The summed E-state index contributed by atoms with van der Waals surface area (Å²) in [5.74, 6) is -0.531. The minimum absolute atomic E-state index is 0. The largest absolute Gasteiger partial charge is 0.521 e. The molecule has 2 atom stereocenters. The molecule has 0 saturated carbocycles. The molecule has 0 aromatic rings. The predicted molar refractivity (Wildman–Crippen MR) is 62.1 cm³/mol. The fraction of sp³-hybridized carbons (Fsp3) is 0.833. The number of ether oxygens (including phenoxy) is 2. The maximum atomic E-state index is 11.7. The van der Waals surface area contributed by atoms with E-state index in [1.807, 2.05) is 20.8 Å². The standard InChI is InChI=1S/C12H20NO4.V/c1-4-10(13-8-14)11(15)6-5-9-7-16-12(2,3)17-9;/h9-10H,4-7H2,1-3H3,(H,13,14);/q-1;. The third kappa shape index (κ3) is 5.52. The molecule has 1 heterocycles. The first-order chi connectivity index (χ1) is 7.98. The van der Waals surface area contributed by atoms with Crippen LogP contribution in [0.1, 0.15) is 40.0 Å². The van der Waals surface area contributed by atoms with Crippen molar-refractivity contribution in [2.24, 2.45) is 0 Å². The van der Waals surface area contributed by atoms with Gasteiger partial charge in [0.2, 0.25) is 0 Å². The Bertz CT molecular complexity index is 283. The molecule has 1 N–H and O–H groups in total. The molecule has 5 nitrogen and oxygen atoms in total. The van der Waals surface area contributed by atoms with Crippen LogP contribution in [0, 0.1) is 0 Å². The van der Waals surface area contributed by atoms with Crippen LogP contribution in [0.15, 0.2) is 0 Å². The Morgan fingerprint density at radius 1 is 1.56 bits per heavy atom. The summed E-state index contributed by atoms with van der Waals surface area (Å²) in [6, 6.07) is -0.428. The van der Waals surface area contributed by atoms with Gasteiger partial charge in [0.25, 0.3) is 0 Å². The zero-order valence-electron chi connectivity index (χ0n) is 11.1. The van der Waals surface area contributed by atoms with Gasteiger partial charge in [0.1, 0.15) is 0 Å². The second-order valence-electron chi connectivity index (χ2n) is 4.66. The summed E-state index contributed by atoms with van der Waals surface area (Å²) in [5.41, 5.74) is 0. The number of nitrogens with one attached hydrogen (secondary N) is 1. The molecule has 1 fully saturated rings. The van der Waals surface area contributed by atoms with Crippen molar-refractivity contribution >= 4 is 12.2 Å².